The van der Waals surface area contributed by atoms with E-state index in [1.165, 1.54) is 40.8 Å². The SMILES string of the molecule is c1ccc(OCCCP(CCCP(c2ccccc2)c2ccccc2)c2ccccc2)cc1. The second kappa shape index (κ2) is 13.3. The molecule has 4 rings (SSSR count). The Morgan fingerprint density at radius 1 is 0.455 bits per heavy atom. The molecule has 0 saturated heterocycles. The number of ether oxygens (including phenoxy) is 1. The number of hydrogen-bond donors (Lipinski definition) is 0. The van der Waals surface area contributed by atoms with Crippen LogP contribution in [0, 0.1) is 0 Å². The van der Waals surface area contributed by atoms with Crippen LogP contribution in [0.3, 0.4) is 0 Å². The minimum Gasteiger partial charge on any atom is -0.494 e. The topological polar surface area (TPSA) is 9.23 Å². The third-order valence-electron chi connectivity index (χ3n) is 5.65. The van der Waals surface area contributed by atoms with Crippen molar-refractivity contribution in [3.8, 4) is 5.75 Å². The molecule has 0 aliphatic carbocycles. The molecule has 0 spiro atoms. The summed E-state index contributed by atoms with van der Waals surface area (Å²) in [4.78, 5) is 0. The summed E-state index contributed by atoms with van der Waals surface area (Å²) < 4.78 is 5.96. The molecule has 1 nitrogen and oxygen atoms in total. The highest BCUT2D eigenvalue weighted by molar-refractivity contribution is 7.73. The summed E-state index contributed by atoms with van der Waals surface area (Å²) in [6.45, 7) is 0.788. The van der Waals surface area contributed by atoms with Gasteiger partial charge in [0.2, 0.25) is 0 Å². The molecule has 0 bridgehead atoms. The lowest BCUT2D eigenvalue weighted by atomic mass is 10.3. The molecule has 4 aromatic rings. The van der Waals surface area contributed by atoms with Gasteiger partial charge in [0.15, 0.2) is 0 Å². The lowest BCUT2D eigenvalue weighted by Crippen LogP contribution is -2.15. The molecular weight excluding hydrogens is 438 g/mol. The Hall–Kier alpha value is -2.46. The maximum atomic E-state index is 5.96. The second-order valence-corrected chi connectivity index (χ2v) is 12.8. The van der Waals surface area contributed by atoms with Gasteiger partial charge in [0, 0.05) is 0 Å². The molecule has 0 amide bonds. The Bertz CT molecular complexity index is 1000. The van der Waals surface area contributed by atoms with Gasteiger partial charge in [-0.05, 0) is 67.3 Å². The molecule has 168 valence electrons. The first-order valence-electron chi connectivity index (χ1n) is 11.8. The van der Waals surface area contributed by atoms with Crippen molar-refractivity contribution in [2.75, 3.05) is 25.1 Å². The van der Waals surface area contributed by atoms with Crippen LogP contribution in [0.4, 0.5) is 0 Å². The fraction of sp³-hybridized carbons (Fsp3) is 0.200. The fourth-order valence-corrected chi connectivity index (χ4v) is 9.00. The first-order chi connectivity index (χ1) is 16.4. The van der Waals surface area contributed by atoms with E-state index in [0.29, 0.717) is 0 Å². The Labute approximate surface area is 201 Å². The zero-order valence-corrected chi connectivity index (χ0v) is 20.9. The maximum absolute atomic E-state index is 5.96. The van der Waals surface area contributed by atoms with Gasteiger partial charge >= 0.3 is 0 Å². The molecule has 33 heavy (non-hydrogen) atoms. The summed E-state index contributed by atoms with van der Waals surface area (Å²) in [7, 11) is -0.485. The molecule has 0 heterocycles. The van der Waals surface area contributed by atoms with Gasteiger partial charge in [-0.1, -0.05) is 117 Å². The fourth-order valence-electron chi connectivity index (χ4n) is 4.01. The highest BCUT2D eigenvalue weighted by Crippen LogP contribution is 2.40. The summed E-state index contributed by atoms with van der Waals surface area (Å²) in [5, 5.41) is 4.49. The van der Waals surface area contributed by atoms with Crippen LogP contribution in [0.2, 0.25) is 0 Å². The van der Waals surface area contributed by atoms with Crippen LogP contribution in [0.1, 0.15) is 12.8 Å². The maximum Gasteiger partial charge on any atom is 0.119 e. The van der Waals surface area contributed by atoms with E-state index in [0.717, 1.165) is 18.8 Å². The molecule has 0 radical (unpaired) electrons. The van der Waals surface area contributed by atoms with Gasteiger partial charge in [-0.15, -0.1) is 0 Å². The average molecular weight is 471 g/mol. The van der Waals surface area contributed by atoms with Gasteiger partial charge in [0.1, 0.15) is 5.75 Å². The zero-order chi connectivity index (χ0) is 22.6. The van der Waals surface area contributed by atoms with Crippen LogP contribution in [-0.4, -0.2) is 25.1 Å². The quantitative estimate of drug-likeness (QED) is 0.164. The van der Waals surface area contributed by atoms with Crippen molar-refractivity contribution in [3.05, 3.63) is 121 Å². The molecule has 4 aromatic carbocycles. The molecule has 0 fully saturated rings. The van der Waals surface area contributed by atoms with E-state index in [9.17, 15) is 0 Å². The van der Waals surface area contributed by atoms with Crippen LogP contribution >= 0.6 is 15.8 Å². The van der Waals surface area contributed by atoms with Crippen molar-refractivity contribution in [2.45, 2.75) is 12.8 Å². The Kier molecular flexibility index (Phi) is 9.54. The van der Waals surface area contributed by atoms with Crippen LogP contribution in [0.5, 0.6) is 5.75 Å². The standard InChI is InChI=1S/C30H32OP2/c1-5-15-27(16-6-1)31-23-13-24-32(28-17-7-2-8-18-28)25-14-26-33(29-19-9-3-10-20-29)30-21-11-4-12-22-30/h1-12,15-22H,13-14,23-26H2. The van der Waals surface area contributed by atoms with Gasteiger partial charge in [0.25, 0.3) is 0 Å². The molecule has 1 unspecified atom stereocenters. The molecule has 0 aliphatic rings. The van der Waals surface area contributed by atoms with E-state index in [1.807, 2.05) is 30.3 Å². The summed E-state index contributed by atoms with van der Waals surface area (Å²) in [6, 6.07) is 43.5. The second-order valence-electron chi connectivity index (χ2n) is 8.01. The number of benzene rings is 4. The first-order valence-corrected chi connectivity index (χ1v) is 15.0. The van der Waals surface area contributed by atoms with Crippen LogP contribution in [-0.2, 0) is 0 Å². The van der Waals surface area contributed by atoms with Crippen molar-refractivity contribution in [1.82, 2.24) is 0 Å². The van der Waals surface area contributed by atoms with E-state index in [4.69, 9.17) is 4.74 Å². The monoisotopic (exact) mass is 470 g/mol. The molecule has 1 atom stereocenters. The van der Waals surface area contributed by atoms with Crippen LogP contribution < -0.4 is 20.7 Å². The largest absolute Gasteiger partial charge is 0.494 e. The third-order valence-corrected chi connectivity index (χ3v) is 11.0. The average Bonchev–Trinajstić information content (AvgIpc) is 2.90. The lowest BCUT2D eigenvalue weighted by molar-refractivity contribution is 0.318. The van der Waals surface area contributed by atoms with Crippen molar-refractivity contribution in [3.63, 3.8) is 0 Å². The summed E-state index contributed by atoms with van der Waals surface area (Å²) in [5.74, 6) is 0.970. The Morgan fingerprint density at radius 2 is 0.909 bits per heavy atom. The molecule has 0 aliphatic heterocycles. The van der Waals surface area contributed by atoms with Gasteiger partial charge in [-0.3, -0.25) is 0 Å². The summed E-state index contributed by atoms with van der Waals surface area (Å²) in [5.41, 5.74) is 0. The molecule has 3 heteroatoms. The van der Waals surface area contributed by atoms with Crippen molar-refractivity contribution < 1.29 is 4.74 Å². The Morgan fingerprint density at radius 3 is 1.45 bits per heavy atom. The smallest absolute Gasteiger partial charge is 0.119 e. The minimum atomic E-state index is -0.311. The molecule has 0 saturated carbocycles. The van der Waals surface area contributed by atoms with Gasteiger partial charge in [0.05, 0.1) is 6.61 Å². The zero-order valence-electron chi connectivity index (χ0n) is 19.1. The highest BCUT2D eigenvalue weighted by atomic mass is 31.1. The molecular formula is C30H32OP2. The number of hydrogen-bond acceptors (Lipinski definition) is 1. The summed E-state index contributed by atoms with van der Waals surface area (Å²) in [6.07, 6.45) is 6.11. The number of rotatable bonds is 12. The summed E-state index contributed by atoms with van der Waals surface area (Å²) >= 11 is 0. The van der Waals surface area contributed by atoms with E-state index in [2.05, 4.69) is 91.0 Å². The van der Waals surface area contributed by atoms with Crippen molar-refractivity contribution >= 4 is 31.8 Å². The molecule has 0 N–H and O–H groups in total. The van der Waals surface area contributed by atoms with E-state index < -0.39 is 0 Å². The van der Waals surface area contributed by atoms with Gasteiger partial charge in [-0.2, -0.15) is 0 Å². The van der Waals surface area contributed by atoms with E-state index in [-0.39, 0.29) is 15.8 Å². The van der Waals surface area contributed by atoms with Crippen LogP contribution in [0.25, 0.3) is 0 Å². The van der Waals surface area contributed by atoms with Gasteiger partial charge < -0.3 is 4.74 Å². The minimum absolute atomic E-state index is 0.174. The normalized spacial score (nSPS) is 11.9. The number of para-hydroxylation sites is 1. The lowest BCUT2D eigenvalue weighted by Gasteiger charge is -2.22. The van der Waals surface area contributed by atoms with E-state index >= 15 is 0 Å². The van der Waals surface area contributed by atoms with Crippen LogP contribution in [0.15, 0.2) is 121 Å². The predicted octanol–water partition coefficient (Wildman–Crippen LogP) is 6.79. The van der Waals surface area contributed by atoms with Gasteiger partial charge in [-0.25, -0.2) is 0 Å². The first kappa shape index (κ1) is 23.7. The third kappa shape index (κ3) is 7.53. The van der Waals surface area contributed by atoms with Crippen molar-refractivity contribution in [1.29, 1.82) is 0 Å². The predicted molar refractivity (Wildman–Crippen MR) is 148 cm³/mol. The van der Waals surface area contributed by atoms with E-state index in [1.54, 1.807) is 0 Å². The Balaban J connectivity index is 1.37. The van der Waals surface area contributed by atoms with Crippen molar-refractivity contribution in [2.24, 2.45) is 0 Å². The highest BCUT2D eigenvalue weighted by Gasteiger charge is 2.16. The molecule has 0 aromatic heterocycles.